The van der Waals surface area contributed by atoms with Gasteiger partial charge in [0.05, 0.1) is 6.61 Å². The summed E-state index contributed by atoms with van der Waals surface area (Å²) in [5, 5.41) is 9.89. The van der Waals surface area contributed by atoms with Gasteiger partial charge in [0.2, 0.25) is 0 Å². The molecule has 2 unspecified atom stereocenters. The molecular formula is C14H15O4P. The molecule has 100 valence electrons. The number of aliphatic hydroxyl groups is 1. The van der Waals surface area contributed by atoms with Gasteiger partial charge < -0.3 is 14.5 Å². The minimum atomic E-state index is -4.12. The first-order valence-corrected chi connectivity index (χ1v) is 7.48. The number of hydrogen-bond acceptors (Lipinski definition) is 3. The van der Waals surface area contributed by atoms with Crippen LogP contribution >= 0.6 is 7.60 Å². The van der Waals surface area contributed by atoms with Crippen LogP contribution in [0.15, 0.2) is 60.7 Å². The van der Waals surface area contributed by atoms with Crippen LogP contribution in [-0.2, 0) is 15.7 Å². The van der Waals surface area contributed by atoms with Gasteiger partial charge >= 0.3 is 7.60 Å². The van der Waals surface area contributed by atoms with Gasteiger partial charge in [-0.05, 0) is 11.1 Å². The van der Waals surface area contributed by atoms with Crippen molar-refractivity contribution in [2.75, 3.05) is 0 Å². The summed E-state index contributed by atoms with van der Waals surface area (Å²) in [5.41, 5.74) is 1.14. The largest absolute Gasteiger partial charge is 0.376 e. The summed E-state index contributed by atoms with van der Waals surface area (Å²) < 4.78 is 17.0. The second-order valence-corrected chi connectivity index (χ2v) is 5.98. The number of benzene rings is 2. The van der Waals surface area contributed by atoms with E-state index in [9.17, 15) is 14.6 Å². The Balaban J connectivity index is 2.04. The van der Waals surface area contributed by atoms with Gasteiger partial charge in [-0.2, -0.15) is 0 Å². The minimum absolute atomic E-state index is 0.0154. The summed E-state index contributed by atoms with van der Waals surface area (Å²) in [6.45, 7) is -0.0154. The average molecular weight is 278 g/mol. The summed E-state index contributed by atoms with van der Waals surface area (Å²) >= 11 is 0. The van der Waals surface area contributed by atoms with E-state index in [1.54, 1.807) is 42.5 Å². The predicted octanol–water partition coefficient (Wildman–Crippen LogP) is 3.08. The van der Waals surface area contributed by atoms with Crippen molar-refractivity contribution < 1.29 is 19.1 Å². The standard InChI is InChI=1S/C14H15O4P/c15-14(13-9-5-2-6-10-13)19(16,17)18-11-12-7-3-1-4-8-12/h1-10,14-15H,11H2,(H,16,17). The van der Waals surface area contributed by atoms with E-state index >= 15 is 0 Å². The van der Waals surface area contributed by atoms with Gasteiger partial charge in [-0.3, -0.25) is 4.57 Å². The quantitative estimate of drug-likeness (QED) is 0.825. The minimum Gasteiger partial charge on any atom is -0.376 e. The van der Waals surface area contributed by atoms with Crippen LogP contribution in [0.5, 0.6) is 0 Å². The first kappa shape index (κ1) is 14.0. The molecule has 2 aromatic carbocycles. The normalized spacial score (nSPS) is 15.7. The molecular weight excluding hydrogens is 263 g/mol. The van der Waals surface area contributed by atoms with Crippen LogP contribution in [0.3, 0.4) is 0 Å². The van der Waals surface area contributed by atoms with Crippen LogP contribution in [0, 0.1) is 0 Å². The molecule has 4 nitrogen and oxygen atoms in total. The van der Waals surface area contributed by atoms with Crippen molar-refractivity contribution in [2.45, 2.75) is 12.5 Å². The van der Waals surface area contributed by atoms with Gasteiger partial charge in [-0.1, -0.05) is 60.7 Å². The monoisotopic (exact) mass is 278 g/mol. The lowest BCUT2D eigenvalue weighted by Gasteiger charge is -2.18. The summed E-state index contributed by atoms with van der Waals surface area (Å²) in [4.78, 5) is 9.78. The van der Waals surface area contributed by atoms with E-state index in [4.69, 9.17) is 4.52 Å². The third-order valence-electron chi connectivity index (χ3n) is 2.67. The molecule has 0 aliphatic carbocycles. The first-order chi connectivity index (χ1) is 9.09. The number of hydrogen-bond donors (Lipinski definition) is 2. The molecule has 0 bridgehead atoms. The van der Waals surface area contributed by atoms with E-state index < -0.39 is 13.4 Å². The van der Waals surface area contributed by atoms with Crippen molar-refractivity contribution in [2.24, 2.45) is 0 Å². The third kappa shape index (κ3) is 3.75. The molecule has 5 heteroatoms. The zero-order valence-electron chi connectivity index (χ0n) is 10.2. The molecule has 2 rings (SSSR count). The molecule has 2 atom stereocenters. The highest BCUT2D eigenvalue weighted by molar-refractivity contribution is 7.52. The summed E-state index contributed by atoms with van der Waals surface area (Å²) in [6.07, 6.45) is 0. The van der Waals surface area contributed by atoms with Gasteiger partial charge in [0.1, 0.15) is 0 Å². The predicted molar refractivity (Wildman–Crippen MR) is 72.5 cm³/mol. The van der Waals surface area contributed by atoms with Gasteiger partial charge in [0.25, 0.3) is 0 Å². The number of rotatable bonds is 5. The van der Waals surface area contributed by atoms with E-state index in [2.05, 4.69) is 0 Å². The lowest BCUT2D eigenvalue weighted by Crippen LogP contribution is -2.02. The highest BCUT2D eigenvalue weighted by atomic mass is 31.2. The van der Waals surface area contributed by atoms with Gasteiger partial charge in [-0.25, -0.2) is 0 Å². The Labute approximate surface area is 111 Å². The Hall–Kier alpha value is -1.45. The SMILES string of the molecule is O=P(O)(OCc1ccccc1)C(O)c1ccccc1. The Morgan fingerprint density at radius 1 is 1.00 bits per heavy atom. The fourth-order valence-corrected chi connectivity index (χ4v) is 2.65. The zero-order valence-corrected chi connectivity index (χ0v) is 11.1. The highest BCUT2D eigenvalue weighted by Crippen LogP contribution is 2.55. The molecule has 0 heterocycles. The lowest BCUT2D eigenvalue weighted by atomic mass is 10.2. The van der Waals surface area contributed by atoms with Gasteiger partial charge in [0, 0.05) is 0 Å². The smallest absolute Gasteiger partial charge is 0.361 e. The average Bonchev–Trinajstić information content (AvgIpc) is 2.46. The Morgan fingerprint density at radius 2 is 1.53 bits per heavy atom. The maximum Gasteiger partial charge on any atom is 0.361 e. The molecule has 0 saturated heterocycles. The lowest BCUT2D eigenvalue weighted by molar-refractivity contribution is 0.168. The Bertz CT molecular complexity index is 556. The molecule has 0 aliphatic rings. The molecule has 0 fully saturated rings. The van der Waals surface area contributed by atoms with E-state index in [0.29, 0.717) is 5.56 Å². The maximum atomic E-state index is 12.0. The molecule has 2 aromatic rings. The molecule has 0 spiro atoms. The van der Waals surface area contributed by atoms with E-state index in [0.717, 1.165) is 5.56 Å². The second-order valence-electron chi connectivity index (χ2n) is 4.11. The Kier molecular flexibility index (Phi) is 4.51. The molecule has 19 heavy (non-hydrogen) atoms. The molecule has 0 radical (unpaired) electrons. The third-order valence-corrected chi connectivity index (χ3v) is 4.08. The zero-order chi connectivity index (χ0) is 13.7. The van der Waals surface area contributed by atoms with Crippen LogP contribution in [0.25, 0.3) is 0 Å². The van der Waals surface area contributed by atoms with Crippen molar-refractivity contribution in [3.8, 4) is 0 Å². The maximum absolute atomic E-state index is 12.0. The van der Waals surface area contributed by atoms with Crippen LogP contribution in [0.4, 0.5) is 0 Å². The van der Waals surface area contributed by atoms with Crippen LogP contribution < -0.4 is 0 Å². The van der Waals surface area contributed by atoms with Crippen molar-refractivity contribution in [3.63, 3.8) is 0 Å². The summed E-state index contributed by atoms with van der Waals surface area (Å²) in [7, 11) is -4.12. The van der Waals surface area contributed by atoms with E-state index in [-0.39, 0.29) is 6.61 Å². The van der Waals surface area contributed by atoms with Gasteiger partial charge in [0.15, 0.2) is 5.85 Å². The van der Waals surface area contributed by atoms with Crippen molar-refractivity contribution >= 4 is 7.60 Å². The van der Waals surface area contributed by atoms with E-state index in [1.165, 1.54) is 0 Å². The molecule has 0 amide bonds. The fourth-order valence-electron chi connectivity index (χ4n) is 1.63. The van der Waals surface area contributed by atoms with Crippen molar-refractivity contribution in [1.29, 1.82) is 0 Å². The topological polar surface area (TPSA) is 66.8 Å². The van der Waals surface area contributed by atoms with E-state index in [1.807, 2.05) is 18.2 Å². The molecule has 0 aromatic heterocycles. The molecule has 0 aliphatic heterocycles. The van der Waals surface area contributed by atoms with Crippen LogP contribution in [0.2, 0.25) is 0 Å². The Morgan fingerprint density at radius 3 is 2.11 bits per heavy atom. The number of aliphatic hydroxyl groups excluding tert-OH is 1. The molecule has 2 N–H and O–H groups in total. The van der Waals surface area contributed by atoms with Crippen LogP contribution in [-0.4, -0.2) is 10.00 Å². The van der Waals surface area contributed by atoms with Gasteiger partial charge in [-0.15, -0.1) is 0 Å². The fraction of sp³-hybridized carbons (Fsp3) is 0.143. The summed E-state index contributed by atoms with van der Waals surface area (Å²) in [6, 6.07) is 17.4. The van der Waals surface area contributed by atoms with Crippen molar-refractivity contribution in [3.05, 3.63) is 71.8 Å². The highest BCUT2D eigenvalue weighted by Gasteiger charge is 2.31. The van der Waals surface area contributed by atoms with Crippen LogP contribution in [0.1, 0.15) is 17.0 Å². The second kappa shape index (κ2) is 6.13. The van der Waals surface area contributed by atoms with Crippen molar-refractivity contribution in [1.82, 2.24) is 0 Å². The first-order valence-electron chi connectivity index (χ1n) is 5.83. The summed E-state index contributed by atoms with van der Waals surface area (Å²) in [5.74, 6) is -1.53. The molecule has 0 saturated carbocycles.